The standard InChI is InChI=1S/C21H31N5O3S/c1-2-3-4-5-6-7-12-23-13-15-24(16-14-23)17-25-21(30)29-20(22-25)18-8-10-19(11-9-18)26(27)28/h8-11H,2-7,12-17H2,1H3. The van der Waals surface area contributed by atoms with Gasteiger partial charge in [0.25, 0.3) is 10.5 Å². The molecule has 1 fully saturated rings. The highest BCUT2D eigenvalue weighted by Gasteiger charge is 2.18. The lowest BCUT2D eigenvalue weighted by Crippen LogP contribution is -2.47. The van der Waals surface area contributed by atoms with Gasteiger partial charge in [0, 0.05) is 43.9 Å². The topological polar surface area (TPSA) is 80.6 Å². The first-order valence-electron chi connectivity index (χ1n) is 10.8. The molecule has 30 heavy (non-hydrogen) atoms. The fourth-order valence-corrected chi connectivity index (χ4v) is 3.88. The molecule has 1 aromatic carbocycles. The van der Waals surface area contributed by atoms with Crippen LogP contribution >= 0.6 is 12.2 Å². The van der Waals surface area contributed by atoms with Gasteiger partial charge in [0.05, 0.1) is 11.6 Å². The lowest BCUT2D eigenvalue weighted by Gasteiger charge is -2.34. The fourth-order valence-electron chi connectivity index (χ4n) is 3.70. The summed E-state index contributed by atoms with van der Waals surface area (Å²) in [7, 11) is 0. The molecule has 2 aromatic rings. The Bertz CT molecular complexity index is 856. The largest absolute Gasteiger partial charge is 0.409 e. The van der Waals surface area contributed by atoms with E-state index in [1.54, 1.807) is 16.8 Å². The van der Waals surface area contributed by atoms with E-state index in [4.69, 9.17) is 16.6 Å². The molecule has 2 heterocycles. The minimum absolute atomic E-state index is 0.0376. The minimum atomic E-state index is -0.426. The van der Waals surface area contributed by atoms with E-state index < -0.39 is 4.92 Å². The van der Waals surface area contributed by atoms with Crippen LogP contribution in [0.15, 0.2) is 28.7 Å². The smallest absolute Gasteiger partial charge is 0.288 e. The number of aromatic nitrogens is 2. The van der Waals surface area contributed by atoms with Crippen molar-refractivity contribution in [3.05, 3.63) is 39.2 Å². The summed E-state index contributed by atoms with van der Waals surface area (Å²) in [6, 6.07) is 6.14. The zero-order valence-electron chi connectivity index (χ0n) is 17.7. The highest BCUT2D eigenvalue weighted by atomic mass is 32.1. The lowest BCUT2D eigenvalue weighted by atomic mass is 10.1. The Kier molecular flexibility index (Phi) is 8.53. The van der Waals surface area contributed by atoms with Crippen LogP contribution in [-0.4, -0.2) is 57.2 Å². The maximum absolute atomic E-state index is 10.8. The second-order valence-corrected chi connectivity index (χ2v) is 8.19. The van der Waals surface area contributed by atoms with Crippen LogP contribution in [-0.2, 0) is 6.67 Å². The van der Waals surface area contributed by atoms with Gasteiger partial charge in [-0.1, -0.05) is 39.0 Å². The zero-order chi connectivity index (χ0) is 21.3. The van der Waals surface area contributed by atoms with Gasteiger partial charge in [-0.2, -0.15) is 0 Å². The van der Waals surface area contributed by atoms with Gasteiger partial charge >= 0.3 is 0 Å². The molecule has 9 heteroatoms. The molecule has 0 radical (unpaired) electrons. The van der Waals surface area contributed by atoms with Gasteiger partial charge in [-0.15, -0.1) is 5.10 Å². The number of benzene rings is 1. The predicted molar refractivity (Wildman–Crippen MR) is 119 cm³/mol. The molecule has 0 atom stereocenters. The fraction of sp³-hybridized carbons (Fsp3) is 0.619. The first-order chi connectivity index (χ1) is 14.6. The molecule has 0 spiro atoms. The maximum atomic E-state index is 10.8. The van der Waals surface area contributed by atoms with Crippen molar-refractivity contribution in [3.8, 4) is 11.5 Å². The van der Waals surface area contributed by atoms with E-state index in [0.29, 0.717) is 23.0 Å². The number of hydrogen-bond donors (Lipinski definition) is 0. The van der Waals surface area contributed by atoms with E-state index in [0.717, 1.165) is 26.2 Å². The van der Waals surface area contributed by atoms with Crippen LogP contribution in [0.25, 0.3) is 11.5 Å². The number of piperazine rings is 1. The molecule has 3 rings (SSSR count). The van der Waals surface area contributed by atoms with Gasteiger partial charge in [0.2, 0.25) is 5.89 Å². The van der Waals surface area contributed by atoms with Crippen molar-refractivity contribution >= 4 is 17.9 Å². The maximum Gasteiger partial charge on any atom is 0.288 e. The summed E-state index contributed by atoms with van der Waals surface area (Å²) in [4.78, 5) is 15.6. The molecule has 1 aliphatic heterocycles. The molecular formula is C21H31N5O3S. The van der Waals surface area contributed by atoms with Gasteiger partial charge in [0.15, 0.2) is 0 Å². The van der Waals surface area contributed by atoms with E-state index in [2.05, 4.69) is 21.8 Å². The Labute approximate surface area is 182 Å². The van der Waals surface area contributed by atoms with Crippen LogP contribution in [0, 0.1) is 15.0 Å². The lowest BCUT2D eigenvalue weighted by molar-refractivity contribution is -0.384. The summed E-state index contributed by atoms with van der Waals surface area (Å²) in [6.45, 7) is 8.13. The number of nitro groups is 1. The third-order valence-electron chi connectivity index (χ3n) is 5.56. The minimum Gasteiger partial charge on any atom is -0.409 e. The van der Waals surface area contributed by atoms with Crippen molar-refractivity contribution in [1.29, 1.82) is 0 Å². The van der Waals surface area contributed by atoms with Crippen molar-refractivity contribution in [3.63, 3.8) is 0 Å². The number of hydrogen-bond acceptors (Lipinski definition) is 7. The highest BCUT2D eigenvalue weighted by Crippen LogP contribution is 2.21. The third kappa shape index (κ3) is 6.45. The van der Waals surface area contributed by atoms with Crippen molar-refractivity contribution in [1.82, 2.24) is 19.6 Å². The number of rotatable bonds is 11. The average molecular weight is 434 g/mol. The predicted octanol–water partition coefficient (Wildman–Crippen LogP) is 4.72. The van der Waals surface area contributed by atoms with Crippen LogP contribution < -0.4 is 0 Å². The number of nitrogens with zero attached hydrogens (tertiary/aromatic N) is 5. The highest BCUT2D eigenvalue weighted by molar-refractivity contribution is 7.71. The van der Waals surface area contributed by atoms with Crippen molar-refractivity contribution in [2.24, 2.45) is 0 Å². The molecule has 1 saturated heterocycles. The monoisotopic (exact) mass is 433 g/mol. The van der Waals surface area contributed by atoms with Crippen molar-refractivity contribution in [2.45, 2.75) is 52.1 Å². The second-order valence-electron chi connectivity index (χ2n) is 7.85. The van der Waals surface area contributed by atoms with Crippen LogP contribution in [0.3, 0.4) is 0 Å². The summed E-state index contributed by atoms with van der Waals surface area (Å²) in [6.07, 6.45) is 8.00. The normalized spacial score (nSPS) is 15.5. The Morgan fingerprint density at radius 3 is 2.33 bits per heavy atom. The average Bonchev–Trinajstić information content (AvgIpc) is 3.12. The Balaban J connectivity index is 1.45. The first kappa shape index (κ1) is 22.6. The number of nitro benzene ring substituents is 1. The van der Waals surface area contributed by atoms with Gasteiger partial charge in [-0.05, 0) is 37.3 Å². The van der Waals surface area contributed by atoms with E-state index in [-0.39, 0.29) is 5.69 Å². The number of non-ortho nitro benzene ring substituents is 1. The summed E-state index contributed by atoms with van der Waals surface area (Å²) in [5, 5.41) is 15.3. The second kappa shape index (κ2) is 11.3. The molecule has 0 amide bonds. The molecule has 164 valence electrons. The van der Waals surface area contributed by atoms with Crippen molar-refractivity contribution < 1.29 is 9.34 Å². The molecule has 1 aliphatic rings. The molecule has 8 nitrogen and oxygen atoms in total. The van der Waals surface area contributed by atoms with Crippen LogP contribution in [0.1, 0.15) is 45.4 Å². The SMILES string of the molecule is CCCCCCCCN1CCN(Cn2nc(-c3ccc([N+](=O)[O-])cc3)oc2=S)CC1. The van der Waals surface area contributed by atoms with E-state index in [1.165, 1.54) is 57.2 Å². The van der Waals surface area contributed by atoms with Gasteiger partial charge < -0.3 is 9.32 Å². The molecule has 0 aliphatic carbocycles. The zero-order valence-corrected chi connectivity index (χ0v) is 18.5. The number of unbranched alkanes of at least 4 members (excludes halogenated alkanes) is 5. The summed E-state index contributed by atoms with van der Waals surface area (Å²) in [5.74, 6) is 0.386. The van der Waals surface area contributed by atoms with Crippen LogP contribution in [0.2, 0.25) is 0 Å². The molecule has 0 saturated carbocycles. The summed E-state index contributed by atoms with van der Waals surface area (Å²) in [5.41, 5.74) is 0.713. The van der Waals surface area contributed by atoms with Crippen LogP contribution in [0.5, 0.6) is 0 Å². The molecule has 0 N–H and O–H groups in total. The Morgan fingerprint density at radius 1 is 1.03 bits per heavy atom. The molecular weight excluding hydrogens is 402 g/mol. The molecule has 0 bridgehead atoms. The van der Waals surface area contributed by atoms with Crippen LogP contribution in [0.4, 0.5) is 5.69 Å². The van der Waals surface area contributed by atoms with Gasteiger partial charge in [-0.25, -0.2) is 4.68 Å². The van der Waals surface area contributed by atoms with E-state index in [1.807, 2.05) is 0 Å². The van der Waals surface area contributed by atoms with Crippen molar-refractivity contribution in [2.75, 3.05) is 32.7 Å². The van der Waals surface area contributed by atoms with E-state index in [9.17, 15) is 10.1 Å². The van der Waals surface area contributed by atoms with E-state index >= 15 is 0 Å². The Hall–Kier alpha value is -2.10. The van der Waals surface area contributed by atoms with Gasteiger partial charge in [0.1, 0.15) is 0 Å². The molecule has 1 aromatic heterocycles. The summed E-state index contributed by atoms with van der Waals surface area (Å²) < 4.78 is 7.31. The quantitative estimate of drug-likeness (QED) is 0.220. The van der Waals surface area contributed by atoms with Gasteiger partial charge in [-0.3, -0.25) is 15.0 Å². The molecule has 0 unspecified atom stereocenters. The third-order valence-corrected chi connectivity index (χ3v) is 5.85. The summed E-state index contributed by atoms with van der Waals surface area (Å²) >= 11 is 5.32. The first-order valence-corrected chi connectivity index (χ1v) is 11.2. The Morgan fingerprint density at radius 2 is 1.67 bits per heavy atom.